The van der Waals surface area contributed by atoms with Gasteiger partial charge in [-0.05, 0) is 26.2 Å². The van der Waals surface area contributed by atoms with Gasteiger partial charge in [-0.3, -0.25) is 9.59 Å². The molecule has 1 saturated heterocycles. The summed E-state index contributed by atoms with van der Waals surface area (Å²) >= 11 is 0. The largest absolute Gasteiger partial charge is 0.481 e. The molecule has 104 valence electrons. The first-order valence-electron chi connectivity index (χ1n) is 6.42. The zero-order valence-electron chi connectivity index (χ0n) is 11.6. The minimum Gasteiger partial charge on any atom is -0.481 e. The highest BCUT2D eigenvalue weighted by Gasteiger charge is 2.48. The maximum atomic E-state index is 11.9. The number of hydrogen-bond acceptors (Lipinski definition) is 3. The molecule has 1 unspecified atom stereocenters. The Hall–Kier alpha value is -1.10. The number of aliphatic carboxylic acids is 1. The number of amides is 1. The monoisotopic (exact) mass is 257 g/mol. The molecular weight excluding hydrogens is 234 g/mol. The number of hydrogen-bond donors (Lipinski definition) is 1. The van der Waals surface area contributed by atoms with Crippen molar-refractivity contribution in [1.82, 2.24) is 4.90 Å². The zero-order chi connectivity index (χ0) is 13.9. The highest BCUT2D eigenvalue weighted by Crippen LogP contribution is 2.38. The summed E-state index contributed by atoms with van der Waals surface area (Å²) in [4.78, 5) is 24.9. The Kier molecular flexibility index (Phi) is 4.73. The molecule has 0 aliphatic carbocycles. The summed E-state index contributed by atoms with van der Waals surface area (Å²) < 4.78 is 5.27. The highest BCUT2D eigenvalue weighted by atomic mass is 16.5. The fourth-order valence-corrected chi connectivity index (χ4v) is 2.27. The Balaban J connectivity index is 2.64. The van der Waals surface area contributed by atoms with E-state index in [1.807, 2.05) is 27.7 Å². The molecule has 5 nitrogen and oxygen atoms in total. The van der Waals surface area contributed by atoms with Crippen LogP contribution in [0, 0.1) is 11.3 Å². The Labute approximate surface area is 108 Å². The molecule has 1 aliphatic heterocycles. The van der Waals surface area contributed by atoms with Gasteiger partial charge in [0.15, 0.2) is 0 Å². The van der Waals surface area contributed by atoms with Crippen LogP contribution in [-0.4, -0.2) is 47.7 Å². The van der Waals surface area contributed by atoms with E-state index in [2.05, 4.69) is 0 Å². The minimum atomic E-state index is -0.808. The van der Waals surface area contributed by atoms with Gasteiger partial charge < -0.3 is 14.7 Å². The number of carboxylic acid groups (broad SMARTS) is 1. The summed E-state index contributed by atoms with van der Waals surface area (Å²) in [5, 5.41) is 9.38. The second-order valence-corrected chi connectivity index (χ2v) is 5.54. The normalized spacial score (nSPS) is 24.0. The van der Waals surface area contributed by atoms with E-state index < -0.39 is 11.4 Å². The van der Waals surface area contributed by atoms with E-state index >= 15 is 0 Å². The van der Waals surface area contributed by atoms with Crippen LogP contribution in [0.15, 0.2) is 0 Å². The van der Waals surface area contributed by atoms with Crippen molar-refractivity contribution >= 4 is 11.9 Å². The van der Waals surface area contributed by atoms with E-state index in [-0.39, 0.29) is 24.5 Å². The Morgan fingerprint density at radius 2 is 1.94 bits per heavy atom. The van der Waals surface area contributed by atoms with E-state index in [4.69, 9.17) is 4.74 Å². The molecule has 1 aliphatic rings. The number of carbonyl (C=O) groups is 2. The molecule has 0 aromatic heterocycles. The molecule has 1 heterocycles. The maximum Gasteiger partial charge on any atom is 0.311 e. The molecule has 0 bridgehead atoms. The van der Waals surface area contributed by atoms with Crippen LogP contribution >= 0.6 is 0 Å². The predicted octanol–water partition coefficient (Wildman–Crippen LogP) is 1.37. The summed E-state index contributed by atoms with van der Waals surface area (Å²) in [5.74, 6) is -0.913. The summed E-state index contributed by atoms with van der Waals surface area (Å²) in [5.41, 5.74) is -0.798. The van der Waals surface area contributed by atoms with Gasteiger partial charge in [-0.25, -0.2) is 0 Å². The van der Waals surface area contributed by atoms with Crippen LogP contribution in [0.25, 0.3) is 0 Å². The molecule has 0 radical (unpaired) electrons. The molecule has 5 heteroatoms. The first-order valence-corrected chi connectivity index (χ1v) is 6.42. The smallest absolute Gasteiger partial charge is 0.311 e. The average molecular weight is 257 g/mol. The fourth-order valence-electron chi connectivity index (χ4n) is 2.27. The first-order chi connectivity index (χ1) is 8.29. The molecule has 1 fully saturated rings. The lowest BCUT2D eigenvalue weighted by Gasteiger charge is -2.28. The second-order valence-electron chi connectivity index (χ2n) is 5.54. The third-order valence-corrected chi connectivity index (χ3v) is 3.72. The molecule has 0 spiro atoms. The van der Waals surface area contributed by atoms with E-state index in [0.717, 1.165) is 0 Å². The zero-order valence-corrected chi connectivity index (χ0v) is 11.6. The molecule has 0 saturated carbocycles. The maximum absolute atomic E-state index is 11.9. The van der Waals surface area contributed by atoms with Crippen LogP contribution in [0.5, 0.6) is 0 Å². The SMILES string of the molecule is CC(C)OCC(=O)N1CCC(C(=O)O)(C(C)C)C1. The molecule has 18 heavy (non-hydrogen) atoms. The van der Waals surface area contributed by atoms with Crippen molar-refractivity contribution in [3.8, 4) is 0 Å². The van der Waals surface area contributed by atoms with Gasteiger partial charge >= 0.3 is 5.97 Å². The van der Waals surface area contributed by atoms with Crippen molar-refractivity contribution < 1.29 is 19.4 Å². The molecule has 1 rings (SSSR count). The molecular formula is C13H23NO4. The van der Waals surface area contributed by atoms with Gasteiger partial charge in [0.2, 0.25) is 5.91 Å². The standard InChI is InChI=1S/C13H23NO4/c1-9(2)13(12(16)17)5-6-14(8-13)11(15)7-18-10(3)4/h9-10H,5-8H2,1-4H3,(H,16,17). The van der Waals surface area contributed by atoms with Crippen LogP contribution in [-0.2, 0) is 14.3 Å². The lowest BCUT2D eigenvalue weighted by Crippen LogP contribution is -2.41. The summed E-state index contributed by atoms with van der Waals surface area (Å²) in [7, 11) is 0. The summed E-state index contributed by atoms with van der Waals surface area (Å²) in [6.45, 7) is 8.36. The van der Waals surface area contributed by atoms with Crippen LogP contribution in [0.3, 0.4) is 0 Å². The van der Waals surface area contributed by atoms with Gasteiger partial charge in [-0.2, -0.15) is 0 Å². The number of ether oxygens (including phenoxy) is 1. The lowest BCUT2D eigenvalue weighted by molar-refractivity contribution is -0.151. The predicted molar refractivity (Wildman–Crippen MR) is 67.2 cm³/mol. The third kappa shape index (κ3) is 3.02. The number of rotatable bonds is 5. The van der Waals surface area contributed by atoms with Crippen molar-refractivity contribution in [3.63, 3.8) is 0 Å². The van der Waals surface area contributed by atoms with Crippen molar-refractivity contribution in [2.45, 2.75) is 40.2 Å². The van der Waals surface area contributed by atoms with Gasteiger partial charge in [-0.1, -0.05) is 13.8 Å². The van der Waals surface area contributed by atoms with E-state index in [9.17, 15) is 14.7 Å². The van der Waals surface area contributed by atoms with Crippen molar-refractivity contribution in [2.24, 2.45) is 11.3 Å². The topological polar surface area (TPSA) is 66.8 Å². The number of carboxylic acids is 1. The van der Waals surface area contributed by atoms with E-state index in [1.54, 1.807) is 4.90 Å². The Bertz CT molecular complexity index is 327. The summed E-state index contributed by atoms with van der Waals surface area (Å²) in [6, 6.07) is 0. The third-order valence-electron chi connectivity index (χ3n) is 3.72. The van der Waals surface area contributed by atoms with Gasteiger partial charge in [0.1, 0.15) is 6.61 Å². The molecule has 0 aromatic carbocycles. The lowest BCUT2D eigenvalue weighted by atomic mass is 9.76. The van der Waals surface area contributed by atoms with Crippen molar-refractivity contribution in [1.29, 1.82) is 0 Å². The van der Waals surface area contributed by atoms with Gasteiger partial charge in [0.25, 0.3) is 0 Å². The van der Waals surface area contributed by atoms with Crippen LogP contribution in [0.1, 0.15) is 34.1 Å². The Morgan fingerprint density at radius 1 is 1.33 bits per heavy atom. The molecule has 1 atom stereocenters. The molecule has 0 aromatic rings. The number of likely N-dealkylation sites (tertiary alicyclic amines) is 1. The van der Waals surface area contributed by atoms with Gasteiger partial charge in [-0.15, -0.1) is 0 Å². The fraction of sp³-hybridized carbons (Fsp3) is 0.846. The average Bonchev–Trinajstić information content (AvgIpc) is 2.71. The minimum absolute atomic E-state index is 0.00545. The van der Waals surface area contributed by atoms with Crippen LogP contribution in [0.4, 0.5) is 0 Å². The van der Waals surface area contributed by atoms with Gasteiger partial charge in [0.05, 0.1) is 11.5 Å². The second kappa shape index (κ2) is 5.69. The van der Waals surface area contributed by atoms with Crippen molar-refractivity contribution in [2.75, 3.05) is 19.7 Å². The molecule has 1 amide bonds. The van der Waals surface area contributed by atoms with Gasteiger partial charge in [0, 0.05) is 13.1 Å². The molecule has 1 N–H and O–H groups in total. The first kappa shape index (κ1) is 15.0. The number of nitrogens with zero attached hydrogens (tertiary/aromatic N) is 1. The Morgan fingerprint density at radius 3 is 2.33 bits per heavy atom. The van der Waals surface area contributed by atoms with Crippen LogP contribution < -0.4 is 0 Å². The van der Waals surface area contributed by atoms with Crippen molar-refractivity contribution in [3.05, 3.63) is 0 Å². The highest BCUT2D eigenvalue weighted by molar-refractivity contribution is 5.81. The van der Waals surface area contributed by atoms with E-state index in [1.165, 1.54) is 0 Å². The van der Waals surface area contributed by atoms with E-state index in [0.29, 0.717) is 19.5 Å². The van der Waals surface area contributed by atoms with Crippen LogP contribution in [0.2, 0.25) is 0 Å². The number of carbonyl (C=O) groups excluding carboxylic acids is 1. The quantitative estimate of drug-likeness (QED) is 0.807. The summed E-state index contributed by atoms with van der Waals surface area (Å²) in [6.07, 6.45) is 0.527.